The number of methoxy groups -OCH3 is 1. The van der Waals surface area contributed by atoms with Crippen LogP contribution in [0.3, 0.4) is 0 Å². The summed E-state index contributed by atoms with van der Waals surface area (Å²) < 4.78 is 18.0. The molecule has 0 heterocycles. The van der Waals surface area contributed by atoms with E-state index in [0.717, 1.165) is 22.4 Å². The number of para-hydroxylation sites is 1. The Morgan fingerprint density at radius 3 is 1.87 bits per heavy atom. The van der Waals surface area contributed by atoms with Crippen molar-refractivity contribution in [2.45, 2.75) is 31.8 Å². The van der Waals surface area contributed by atoms with Gasteiger partial charge in [-0.15, -0.1) is 0 Å². The largest absolute Gasteiger partial charge is 0.496 e. The average molecular weight is 431 g/mol. The van der Waals surface area contributed by atoms with E-state index in [4.69, 9.17) is 13.9 Å². The molecule has 0 N–H and O–H groups in total. The van der Waals surface area contributed by atoms with Gasteiger partial charge in [0.25, 0.3) is 0 Å². The Morgan fingerprint density at radius 1 is 0.774 bits per heavy atom. The molecule has 0 aliphatic carbocycles. The minimum absolute atomic E-state index is 0.300. The Balaban J connectivity index is 1.90. The van der Waals surface area contributed by atoms with Gasteiger partial charge in [0.2, 0.25) is 0 Å². The topological polar surface area (TPSA) is 27.7 Å². The van der Waals surface area contributed by atoms with Crippen molar-refractivity contribution >= 4 is 8.32 Å². The van der Waals surface area contributed by atoms with Gasteiger partial charge in [0.15, 0.2) is 13.9 Å². The second-order valence-electron chi connectivity index (χ2n) is 8.23. The molecule has 0 saturated heterocycles. The maximum absolute atomic E-state index is 6.79. The predicted molar refractivity (Wildman–Crippen MR) is 129 cm³/mol. The van der Waals surface area contributed by atoms with Crippen molar-refractivity contribution in [3.05, 3.63) is 102 Å². The molecule has 4 heteroatoms. The van der Waals surface area contributed by atoms with Crippen LogP contribution in [0.25, 0.3) is 0 Å². The normalized spacial score (nSPS) is 11.5. The smallest absolute Gasteiger partial charge is 0.186 e. The monoisotopic (exact) mass is 430 g/mol. The summed E-state index contributed by atoms with van der Waals surface area (Å²) in [5.41, 5.74) is 2.23. The van der Waals surface area contributed by atoms with E-state index < -0.39 is 13.9 Å². The van der Waals surface area contributed by atoms with Crippen LogP contribution in [-0.2, 0) is 21.4 Å². The summed E-state index contributed by atoms with van der Waals surface area (Å²) in [6.45, 7) is 7.31. The highest BCUT2D eigenvalue weighted by Gasteiger charge is 2.38. The van der Waals surface area contributed by atoms with E-state index in [-0.39, 0.29) is 0 Å². The van der Waals surface area contributed by atoms with Gasteiger partial charge in [-0.25, -0.2) is 0 Å². The van der Waals surface area contributed by atoms with Gasteiger partial charge in [-0.2, -0.15) is 0 Å². The van der Waals surface area contributed by atoms with Crippen LogP contribution in [0.15, 0.2) is 84.9 Å². The van der Waals surface area contributed by atoms with E-state index in [2.05, 4.69) is 55.7 Å². The fraction of sp³-hybridized carbons (Fsp3) is 0.259. The Kier molecular flexibility index (Phi) is 7.70. The molecule has 3 rings (SSSR count). The fourth-order valence-electron chi connectivity index (χ4n) is 3.45. The molecule has 3 nitrogen and oxygen atoms in total. The molecule has 0 aliphatic rings. The molecule has 0 aliphatic heterocycles. The van der Waals surface area contributed by atoms with Gasteiger partial charge in [0.1, 0.15) is 12.4 Å². The molecule has 0 unspecified atom stereocenters. The molecule has 0 saturated carbocycles. The van der Waals surface area contributed by atoms with Gasteiger partial charge in [0.05, 0.1) is 13.7 Å². The standard InChI is InChI=1S/C27H30O3Si/c1-28-26-19-12-11-14-23(26)22-29-21-13-20-27(30-31(2,3)4,24-15-7-5-8-16-24)25-17-9-6-10-18-25/h5-12,14-19H,21-22H2,1-4H3. The molecule has 0 atom stereocenters. The van der Waals surface area contributed by atoms with Crippen molar-refractivity contribution in [2.75, 3.05) is 13.7 Å². The van der Waals surface area contributed by atoms with E-state index in [0.29, 0.717) is 13.2 Å². The molecular weight excluding hydrogens is 400 g/mol. The van der Waals surface area contributed by atoms with Gasteiger partial charge in [-0.3, -0.25) is 0 Å². The van der Waals surface area contributed by atoms with Crippen LogP contribution in [0.5, 0.6) is 5.75 Å². The van der Waals surface area contributed by atoms with Gasteiger partial charge >= 0.3 is 0 Å². The van der Waals surface area contributed by atoms with Crippen LogP contribution in [0.4, 0.5) is 0 Å². The van der Waals surface area contributed by atoms with Crippen molar-refractivity contribution in [2.24, 2.45) is 0 Å². The Hall–Kier alpha value is -2.84. The Labute approximate surface area is 187 Å². The minimum Gasteiger partial charge on any atom is -0.496 e. The first-order valence-electron chi connectivity index (χ1n) is 10.5. The molecule has 160 valence electrons. The zero-order valence-electron chi connectivity index (χ0n) is 18.7. The van der Waals surface area contributed by atoms with Gasteiger partial charge in [-0.1, -0.05) is 90.7 Å². The van der Waals surface area contributed by atoms with Crippen molar-refractivity contribution < 1.29 is 13.9 Å². The second-order valence-corrected chi connectivity index (χ2v) is 12.7. The van der Waals surface area contributed by atoms with E-state index >= 15 is 0 Å². The second kappa shape index (κ2) is 10.5. The van der Waals surface area contributed by atoms with Crippen LogP contribution in [-0.4, -0.2) is 22.0 Å². The summed E-state index contributed by atoms with van der Waals surface area (Å²) in [5, 5.41) is 0. The molecule has 3 aromatic rings. The number of hydrogen-bond donors (Lipinski definition) is 0. The van der Waals surface area contributed by atoms with Crippen LogP contribution < -0.4 is 4.74 Å². The summed E-state index contributed by atoms with van der Waals surface area (Å²) in [5.74, 6) is 7.50. The highest BCUT2D eigenvalue weighted by molar-refractivity contribution is 6.69. The molecule has 0 radical (unpaired) electrons. The van der Waals surface area contributed by atoms with Gasteiger partial charge < -0.3 is 13.9 Å². The summed E-state index contributed by atoms with van der Waals surface area (Å²) in [7, 11) is -0.284. The van der Waals surface area contributed by atoms with E-state index in [1.807, 2.05) is 60.7 Å². The number of rotatable bonds is 8. The highest BCUT2D eigenvalue weighted by Crippen LogP contribution is 2.36. The third-order valence-corrected chi connectivity index (χ3v) is 5.63. The van der Waals surface area contributed by atoms with Crippen molar-refractivity contribution in [1.82, 2.24) is 0 Å². The maximum Gasteiger partial charge on any atom is 0.186 e. The first-order valence-corrected chi connectivity index (χ1v) is 13.9. The molecular formula is C27H30O3Si. The summed E-state index contributed by atoms with van der Waals surface area (Å²) in [6.07, 6.45) is 0. The van der Waals surface area contributed by atoms with Crippen LogP contribution in [0.2, 0.25) is 19.6 Å². The third-order valence-electron chi connectivity index (χ3n) is 4.71. The SMILES string of the molecule is COc1ccccc1COCC#CC(O[Si](C)(C)C)(c1ccccc1)c1ccccc1. The number of hydrogen-bond acceptors (Lipinski definition) is 3. The molecule has 0 amide bonds. The van der Waals surface area contributed by atoms with E-state index in [9.17, 15) is 0 Å². The lowest BCUT2D eigenvalue weighted by molar-refractivity contribution is 0.147. The lowest BCUT2D eigenvalue weighted by Crippen LogP contribution is -2.40. The molecule has 0 aromatic heterocycles. The molecule has 0 fully saturated rings. The Morgan fingerprint density at radius 2 is 1.32 bits per heavy atom. The number of benzene rings is 3. The van der Waals surface area contributed by atoms with Crippen LogP contribution in [0.1, 0.15) is 16.7 Å². The molecule has 3 aromatic carbocycles. The minimum atomic E-state index is -1.95. The van der Waals surface area contributed by atoms with Crippen LogP contribution >= 0.6 is 0 Å². The lowest BCUT2D eigenvalue weighted by Gasteiger charge is -2.36. The predicted octanol–water partition coefficient (Wildman–Crippen LogP) is 6.01. The summed E-state index contributed by atoms with van der Waals surface area (Å²) in [6, 6.07) is 28.3. The van der Waals surface area contributed by atoms with E-state index in [1.165, 1.54) is 0 Å². The number of ether oxygens (including phenoxy) is 2. The molecule has 0 bridgehead atoms. The zero-order valence-corrected chi connectivity index (χ0v) is 19.7. The fourth-order valence-corrected chi connectivity index (χ4v) is 4.66. The maximum atomic E-state index is 6.79. The first-order chi connectivity index (χ1) is 14.9. The summed E-state index contributed by atoms with van der Waals surface area (Å²) in [4.78, 5) is 0. The van der Waals surface area contributed by atoms with Gasteiger partial charge in [-0.05, 0) is 36.8 Å². The lowest BCUT2D eigenvalue weighted by atomic mass is 9.87. The zero-order chi connectivity index (χ0) is 22.2. The first kappa shape index (κ1) is 22.8. The quantitative estimate of drug-likeness (QED) is 0.249. The van der Waals surface area contributed by atoms with Crippen molar-refractivity contribution in [3.8, 4) is 17.6 Å². The van der Waals surface area contributed by atoms with Gasteiger partial charge in [0, 0.05) is 5.56 Å². The molecule has 31 heavy (non-hydrogen) atoms. The van der Waals surface area contributed by atoms with Crippen molar-refractivity contribution in [1.29, 1.82) is 0 Å². The van der Waals surface area contributed by atoms with E-state index in [1.54, 1.807) is 7.11 Å². The Bertz CT molecular complexity index is 975. The summed E-state index contributed by atoms with van der Waals surface area (Å²) >= 11 is 0. The average Bonchev–Trinajstić information content (AvgIpc) is 2.78. The highest BCUT2D eigenvalue weighted by atomic mass is 28.4. The third kappa shape index (κ3) is 6.08. The van der Waals surface area contributed by atoms with Crippen LogP contribution in [0, 0.1) is 11.8 Å². The van der Waals surface area contributed by atoms with Crippen molar-refractivity contribution in [3.63, 3.8) is 0 Å². The molecule has 0 spiro atoms.